The van der Waals surface area contributed by atoms with Crippen LogP contribution in [0.15, 0.2) is 40.7 Å². The van der Waals surface area contributed by atoms with Crippen LogP contribution in [0.2, 0.25) is 0 Å². The topological polar surface area (TPSA) is 91.9 Å². The molecule has 0 bridgehead atoms. The number of esters is 2. The summed E-state index contributed by atoms with van der Waals surface area (Å²) >= 11 is 5.42. The summed E-state index contributed by atoms with van der Waals surface area (Å²) in [5.74, 6) is -1.66. The molecule has 0 amide bonds. The second kappa shape index (κ2) is 13.7. The van der Waals surface area contributed by atoms with Crippen LogP contribution in [0.4, 0.5) is 10.1 Å². The molecular weight excluding hydrogens is 507 g/mol. The van der Waals surface area contributed by atoms with Crippen LogP contribution in [0, 0.1) is 11.7 Å². The molecule has 0 aliphatic carbocycles. The molecule has 1 aromatic rings. The third-order valence-corrected chi connectivity index (χ3v) is 7.61. The van der Waals surface area contributed by atoms with Gasteiger partial charge in [-0.3, -0.25) is 0 Å². The summed E-state index contributed by atoms with van der Waals surface area (Å²) in [5, 5.41) is 9.45. The molecule has 0 spiro atoms. The Balaban J connectivity index is 1.71. The van der Waals surface area contributed by atoms with Crippen molar-refractivity contribution in [2.45, 2.75) is 52.4 Å². The number of rotatable bonds is 9. The van der Waals surface area contributed by atoms with Gasteiger partial charge >= 0.3 is 11.9 Å². The van der Waals surface area contributed by atoms with Gasteiger partial charge in [0.1, 0.15) is 5.82 Å². The lowest BCUT2D eigenvalue weighted by molar-refractivity contribution is -0.137. The summed E-state index contributed by atoms with van der Waals surface area (Å²) in [6, 6.07) is 4.39. The normalized spacial score (nSPS) is 17.2. The van der Waals surface area contributed by atoms with Crippen LogP contribution >= 0.6 is 12.2 Å². The molecule has 2 aliphatic heterocycles. The fourth-order valence-electron chi connectivity index (χ4n) is 5.20. The number of halogens is 1. The van der Waals surface area contributed by atoms with E-state index in [1.807, 2.05) is 0 Å². The maximum absolute atomic E-state index is 14.8. The van der Waals surface area contributed by atoms with Crippen molar-refractivity contribution in [3.8, 4) is 0 Å². The van der Waals surface area contributed by atoms with Crippen LogP contribution in [0.5, 0.6) is 0 Å². The number of nitrogens with one attached hydrogen (secondary N) is 3. The van der Waals surface area contributed by atoms with Crippen LogP contribution in [0.1, 0.15) is 57.9 Å². The Labute approximate surface area is 230 Å². The average molecular weight is 547 g/mol. The van der Waals surface area contributed by atoms with E-state index < -0.39 is 23.7 Å². The first-order chi connectivity index (χ1) is 18.2. The van der Waals surface area contributed by atoms with Gasteiger partial charge in [-0.25, -0.2) is 14.0 Å². The van der Waals surface area contributed by atoms with E-state index in [9.17, 15) is 14.0 Å². The van der Waals surface area contributed by atoms with E-state index in [1.54, 1.807) is 26.0 Å². The van der Waals surface area contributed by atoms with Crippen molar-refractivity contribution in [1.29, 1.82) is 0 Å². The molecule has 0 atom stereocenters. The summed E-state index contributed by atoms with van der Waals surface area (Å²) in [7, 11) is 2.55. The number of dihydropyridines is 1. The lowest BCUT2D eigenvalue weighted by Crippen LogP contribution is -2.36. The van der Waals surface area contributed by atoms with Crippen molar-refractivity contribution in [2.24, 2.45) is 5.92 Å². The van der Waals surface area contributed by atoms with Crippen LogP contribution in [0.3, 0.4) is 0 Å². The zero-order chi connectivity index (χ0) is 27.8. The van der Waals surface area contributed by atoms with Gasteiger partial charge in [-0.05, 0) is 88.6 Å². The number of anilines is 1. The second-order valence-electron chi connectivity index (χ2n) is 9.79. The quantitative estimate of drug-likeness (QED) is 0.239. The van der Waals surface area contributed by atoms with Crippen molar-refractivity contribution in [1.82, 2.24) is 15.5 Å². The number of carbonyl (C=O) groups excluding carboxylic acids is 2. The van der Waals surface area contributed by atoms with Crippen molar-refractivity contribution < 1.29 is 23.5 Å². The van der Waals surface area contributed by atoms with Crippen molar-refractivity contribution in [3.05, 3.63) is 52.1 Å². The lowest BCUT2D eigenvalue weighted by atomic mass is 9.80. The van der Waals surface area contributed by atoms with Gasteiger partial charge in [0, 0.05) is 17.9 Å². The summed E-state index contributed by atoms with van der Waals surface area (Å²) in [6.07, 6.45) is 4.70. The van der Waals surface area contributed by atoms with E-state index in [2.05, 4.69) is 27.8 Å². The number of allylic oxidation sites excluding steroid dienone is 2. The Kier molecular flexibility index (Phi) is 10.7. The zero-order valence-corrected chi connectivity index (χ0v) is 23.7. The standard InChI is InChI=1S/C28H39FN4O4S/c1-6-19-10-14-33(15-11-19)13-7-12-30-28(38)32-22-16-20(8-9-21(22)29)25-23(26(34)36-4)17(2)31-18(3)24(25)27(35)37-5/h8-9,16,19,25,31H,6-7,10-15H2,1-5H3,(H2,30,32,38). The van der Waals surface area contributed by atoms with Gasteiger partial charge in [0.15, 0.2) is 5.11 Å². The number of piperidine rings is 1. The molecule has 10 heteroatoms. The maximum Gasteiger partial charge on any atom is 0.336 e. The predicted molar refractivity (Wildman–Crippen MR) is 150 cm³/mol. The number of methoxy groups -OCH3 is 2. The number of likely N-dealkylation sites (tertiary alicyclic amines) is 1. The van der Waals surface area contributed by atoms with Crippen LogP contribution in [0.25, 0.3) is 0 Å². The van der Waals surface area contributed by atoms with Crippen molar-refractivity contribution in [3.63, 3.8) is 0 Å². The number of benzene rings is 1. The van der Waals surface area contributed by atoms with Crippen molar-refractivity contribution >= 4 is 35.0 Å². The number of ether oxygens (including phenoxy) is 2. The molecule has 8 nitrogen and oxygen atoms in total. The number of carbonyl (C=O) groups is 2. The molecule has 0 saturated carbocycles. The molecule has 0 unspecified atom stereocenters. The first-order valence-electron chi connectivity index (χ1n) is 13.1. The molecule has 38 heavy (non-hydrogen) atoms. The van der Waals surface area contributed by atoms with Crippen LogP contribution in [-0.2, 0) is 19.1 Å². The molecule has 208 valence electrons. The van der Waals surface area contributed by atoms with E-state index in [1.165, 1.54) is 39.5 Å². The lowest BCUT2D eigenvalue weighted by Gasteiger charge is -2.31. The smallest absolute Gasteiger partial charge is 0.336 e. The number of hydrogen-bond donors (Lipinski definition) is 3. The second-order valence-corrected chi connectivity index (χ2v) is 10.2. The summed E-state index contributed by atoms with van der Waals surface area (Å²) in [4.78, 5) is 27.9. The molecule has 1 fully saturated rings. The minimum atomic E-state index is -0.810. The number of hydrogen-bond acceptors (Lipinski definition) is 7. The highest BCUT2D eigenvalue weighted by Gasteiger charge is 2.37. The summed E-state index contributed by atoms with van der Waals surface area (Å²) in [6.45, 7) is 9.65. The molecule has 0 radical (unpaired) electrons. The van der Waals surface area contributed by atoms with Gasteiger partial charge in [0.25, 0.3) is 0 Å². The Morgan fingerprint density at radius 1 is 1.11 bits per heavy atom. The van der Waals surface area contributed by atoms with E-state index in [-0.39, 0.29) is 16.8 Å². The minimum Gasteiger partial charge on any atom is -0.466 e. The van der Waals surface area contributed by atoms with Gasteiger partial charge in [-0.1, -0.05) is 19.4 Å². The Morgan fingerprint density at radius 2 is 1.71 bits per heavy atom. The van der Waals surface area contributed by atoms with E-state index in [4.69, 9.17) is 21.7 Å². The van der Waals surface area contributed by atoms with E-state index >= 15 is 0 Å². The Morgan fingerprint density at radius 3 is 2.26 bits per heavy atom. The molecule has 0 aromatic heterocycles. The SMILES string of the molecule is CCC1CCN(CCCNC(=S)Nc2cc(C3C(C(=O)OC)=C(C)NC(C)=C3C(=O)OC)ccc2F)CC1. The molecule has 3 rings (SSSR count). The Hall–Kier alpha value is -2.98. The van der Waals surface area contributed by atoms with Gasteiger partial charge in [0.2, 0.25) is 0 Å². The zero-order valence-electron chi connectivity index (χ0n) is 22.9. The minimum absolute atomic E-state index is 0.143. The van der Waals surface area contributed by atoms with Gasteiger partial charge in [0.05, 0.1) is 37.0 Å². The third-order valence-electron chi connectivity index (χ3n) is 7.36. The molecule has 2 aliphatic rings. The van der Waals surface area contributed by atoms with Crippen LogP contribution < -0.4 is 16.0 Å². The highest BCUT2D eigenvalue weighted by Crippen LogP contribution is 2.40. The first-order valence-corrected chi connectivity index (χ1v) is 13.5. The van der Waals surface area contributed by atoms with Gasteiger partial charge in [-0.15, -0.1) is 0 Å². The first kappa shape index (κ1) is 29.6. The van der Waals surface area contributed by atoms with Crippen LogP contribution in [-0.4, -0.2) is 62.3 Å². The molecule has 3 N–H and O–H groups in total. The molecule has 1 saturated heterocycles. The van der Waals surface area contributed by atoms with E-state index in [0.29, 0.717) is 28.6 Å². The Bertz CT molecular complexity index is 1070. The predicted octanol–water partition coefficient (Wildman–Crippen LogP) is 4.21. The van der Waals surface area contributed by atoms with Gasteiger partial charge < -0.3 is 30.3 Å². The number of nitrogens with zero attached hydrogens (tertiary/aromatic N) is 1. The molecular formula is C28H39FN4O4S. The summed E-state index contributed by atoms with van der Waals surface area (Å²) < 4.78 is 24.8. The fraction of sp³-hybridized carbons (Fsp3) is 0.536. The average Bonchev–Trinajstić information content (AvgIpc) is 2.91. The largest absolute Gasteiger partial charge is 0.466 e. The molecule has 2 heterocycles. The number of thiocarbonyl (C=S) groups is 1. The molecule has 1 aromatic carbocycles. The monoisotopic (exact) mass is 546 g/mol. The van der Waals surface area contributed by atoms with Crippen molar-refractivity contribution in [2.75, 3.05) is 45.7 Å². The highest BCUT2D eigenvalue weighted by atomic mass is 32.1. The fourth-order valence-corrected chi connectivity index (χ4v) is 5.41. The summed E-state index contributed by atoms with van der Waals surface area (Å²) in [5.41, 5.74) is 2.25. The third kappa shape index (κ3) is 7.11. The van der Waals surface area contributed by atoms with Gasteiger partial charge in [-0.2, -0.15) is 0 Å². The van der Waals surface area contributed by atoms with E-state index in [0.717, 1.165) is 32.0 Å². The maximum atomic E-state index is 14.8. The highest BCUT2D eigenvalue weighted by molar-refractivity contribution is 7.80.